The maximum atomic E-state index is 10.0. The average Bonchev–Trinajstić information content (AvgIpc) is 2.83. The van der Waals surface area contributed by atoms with Gasteiger partial charge in [-0.1, -0.05) is 0 Å². The maximum Gasteiger partial charge on any atom is 0.191 e. The van der Waals surface area contributed by atoms with Gasteiger partial charge < -0.3 is 15.7 Å². The summed E-state index contributed by atoms with van der Waals surface area (Å²) in [5.41, 5.74) is -0.523. The second-order valence-electron chi connectivity index (χ2n) is 5.29. The molecule has 0 spiro atoms. The van der Waals surface area contributed by atoms with Gasteiger partial charge in [0.05, 0.1) is 12.1 Å². The lowest BCUT2D eigenvalue weighted by molar-refractivity contribution is -0.0236. The number of nitrogens with one attached hydrogen (secondary N) is 2. The van der Waals surface area contributed by atoms with Crippen LogP contribution in [0, 0.1) is 0 Å². The van der Waals surface area contributed by atoms with Crippen molar-refractivity contribution >= 4 is 17.7 Å². The molecule has 2 fully saturated rings. The lowest BCUT2D eigenvalue weighted by Crippen LogP contribution is -2.44. The predicted octanol–water partition coefficient (Wildman–Crippen LogP) is 1.35. The fourth-order valence-corrected chi connectivity index (χ4v) is 3.53. The molecule has 0 amide bonds. The number of hydrogen-bond acceptors (Lipinski definition) is 3. The molecule has 4 nitrogen and oxygen atoms in total. The molecule has 1 heterocycles. The molecule has 2 rings (SSSR count). The minimum absolute atomic E-state index is 0.523. The zero-order valence-electron chi connectivity index (χ0n) is 11.2. The van der Waals surface area contributed by atoms with E-state index in [0.29, 0.717) is 6.54 Å². The monoisotopic (exact) mass is 271 g/mol. The van der Waals surface area contributed by atoms with Crippen LogP contribution >= 0.6 is 11.8 Å². The van der Waals surface area contributed by atoms with E-state index in [0.717, 1.165) is 43.6 Å². The Labute approximate surface area is 114 Å². The van der Waals surface area contributed by atoms with E-state index in [1.165, 1.54) is 18.6 Å². The van der Waals surface area contributed by atoms with Crippen molar-refractivity contribution in [1.82, 2.24) is 10.6 Å². The standard InChI is InChI=1S/C13H25N3OS/c1-2-14-12(15-9-11-5-3-8-18-11)16-10-13(17)6-4-7-13/h11,17H,2-10H2,1H3,(H2,14,15,16). The van der Waals surface area contributed by atoms with E-state index in [1.807, 2.05) is 11.8 Å². The van der Waals surface area contributed by atoms with Crippen LogP contribution in [0.4, 0.5) is 0 Å². The van der Waals surface area contributed by atoms with Crippen molar-refractivity contribution in [2.75, 3.05) is 25.4 Å². The molecule has 0 aromatic carbocycles. The molecule has 104 valence electrons. The van der Waals surface area contributed by atoms with Crippen LogP contribution in [-0.2, 0) is 0 Å². The lowest BCUT2D eigenvalue weighted by Gasteiger charge is -2.35. The highest BCUT2D eigenvalue weighted by Crippen LogP contribution is 2.31. The van der Waals surface area contributed by atoms with Gasteiger partial charge in [-0.3, -0.25) is 4.99 Å². The molecule has 0 aromatic heterocycles. The van der Waals surface area contributed by atoms with Crippen LogP contribution in [0.25, 0.3) is 0 Å². The van der Waals surface area contributed by atoms with Crippen LogP contribution in [0.5, 0.6) is 0 Å². The van der Waals surface area contributed by atoms with Gasteiger partial charge >= 0.3 is 0 Å². The highest BCUT2D eigenvalue weighted by molar-refractivity contribution is 8.00. The van der Waals surface area contributed by atoms with Gasteiger partial charge in [0.1, 0.15) is 0 Å². The highest BCUT2D eigenvalue weighted by atomic mass is 32.2. The van der Waals surface area contributed by atoms with Crippen molar-refractivity contribution < 1.29 is 5.11 Å². The van der Waals surface area contributed by atoms with E-state index in [4.69, 9.17) is 0 Å². The first-order valence-corrected chi connectivity index (χ1v) is 8.13. The topological polar surface area (TPSA) is 56.7 Å². The molecular formula is C13H25N3OS. The molecule has 0 radical (unpaired) electrons. The Morgan fingerprint density at radius 2 is 2.22 bits per heavy atom. The number of rotatable bonds is 5. The molecule has 0 aromatic rings. The average molecular weight is 271 g/mol. The summed E-state index contributed by atoms with van der Waals surface area (Å²) in [7, 11) is 0. The van der Waals surface area contributed by atoms with Gasteiger partial charge in [0.2, 0.25) is 0 Å². The number of thioether (sulfide) groups is 1. The number of hydrogen-bond donors (Lipinski definition) is 3. The van der Waals surface area contributed by atoms with E-state index in [-0.39, 0.29) is 0 Å². The minimum Gasteiger partial charge on any atom is -0.388 e. The van der Waals surface area contributed by atoms with Gasteiger partial charge in [-0.2, -0.15) is 11.8 Å². The molecule has 1 saturated heterocycles. The molecule has 0 bridgehead atoms. The summed E-state index contributed by atoms with van der Waals surface area (Å²) in [6.45, 7) is 4.44. The van der Waals surface area contributed by atoms with Gasteiger partial charge in [-0.25, -0.2) is 0 Å². The first-order valence-electron chi connectivity index (χ1n) is 7.08. The summed E-state index contributed by atoms with van der Waals surface area (Å²) in [5.74, 6) is 2.14. The lowest BCUT2D eigenvalue weighted by atomic mass is 9.80. The summed E-state index contributed by atoms with van der Waals surface area (Å²) in [6, 6.07) is 0. The maximum absolute atomic E-state index is 10.0. The molecule has 1 aliphatic heterocycles. The zero-order valence-corrected chi connectivity index (χ0v) is 12.1. The Bertz CT molecular complexity index is 286. The summed E-state index contributed by atoms with van der Waals surface area (Å²) < 4.78 is 0. The van der Waals surface area contributed by atoms with Crippen molar-refractivity contribution in [1.29, 1.82) is 0 Å². The molecule has 5 heteroatoms. The van der Waals surface area contributed by atoms with E-state index in [1.54, 1.807) is 0 Å². The van der Waals surface area contributed by atoms with Crippen LogP contribution < -0.4 is 10.6 Å². The van der Waals surface area contributed by atoms with Gasteiger partial charge in [0.15, 0.2) is 5.96 Å². The van der Waals surface area contributed by atoms with Crippen LogP contribution in [-0.4, -0.2) is 47.3 Å². The van der Waals surface area contributed by atoms with Crippen LogP contribution in [0.1, 0.15) is 39.0 Å². The first kappa shape index (κ1) is 14.0. The molecule has 1 saturated carbocycles. The fourth-order valence-electron chi connectivity index (χ4n) is 2.33. The van der Waals surface area contributed by atoms with Crippen molar-refractivity contribution in [3.63, 3.8) is 0 Å². The normalized spacial score (nSPS) is 26.8. The van der Waals surface area contributed by atoms with Crippen molar-refractivity contribution in [3.05, 3.63) is 0 Å². The van der Waals surface area contributed by atoms with Crippen molar-refractivity contribution in [3.8, 4) is 0 Å². The smallest absolute Gasteiger partial charge is 0.191 e. The first-order chi connectivity index (χ1) is 8.72. The van der Waals surface area contributed by atoms with Gasteiger partial charge in [-0.15, -0.1) is 0 Å². The number of aliphatic imine (C=N–C) groups is 1. The van der Waals surface area contributed by atoms with Gasteiger partial charge in [-0.05, 0) is 44.8 Å². The molecule has 1 aliphatic carbocycles. The van der Waals surface area contributed by atoms with Crippen LogP contribution in [0.2, 0.25) is 0 Å². The minimum atomic E-state index is -0.523. The molecule has 1 atom stereocenters. The molecule has 3 N–H and O–H groups in total. The summed E-state index contributed by atoms with van der Waals surface area (Å²) in [5, 5.41) is 17.4. The molecule has 1 unspecified atom stereocenters. The van der Waals surface area contributed by atoms with Crippen molar-refractivity contribution in [2.24, 2.45) is 4.99 Å². The number of guanidine groups is 1. The summed E-state index contributed by atoms with van der Waals surface area (Å²) in [6.07, 6.45) is 5.57. The number of nitrogens with zero attached hydrogens (tertiary/aromatic N) is 1. The second kappa shape index (κ2) is 6.66. The second-order valence-corrected chi connectivity index (χ2v) is 6.70. The Morgan fingerprint density at radius 3 is 2.78 bits per heavy atom. The Morgan fingerprint density at radius 1 is 1.39 bits per heavy atom. The Balaban J connectivity index is 1.76. The number of aliphatic hydroxyl groups is 1. The third-order valence-corrected chi connectivity index (χ3v) is 5.08. The quantitative estimate of drug-likeness (QED) is 0.522. The Kier molecular flexibility index (Phi) is 5.18. The van der Waals surface area contributed by atoms with Gasteiger partial charge in [0, 0.05) is 18.3 Å². The molecule has 2 aliphatic rings. The third-order valence-electron chi connectivity index (χ3n) is 3.68. The molecule has 18 heavy (non-hydrogen) atoms. The van der Waals surface area contributed by atoms with Gasteiger partial charge in [0.25, 0.3) is 0 Å². The zero-order chi connectivity index (χ0) is 12.8. The van der Waals surface area contributed by atoms with E-state index >= 15 is 0 Å². The fraction of sp³-hybridized carbons (Fsp3) is 0.923. The summed E-state index contributed by atoms with van der Waals surface area (Å²) in [4.78, 5) is 4.50. The largest absolute Gasteiger partial charge is 0.388 e. The van der Waals surface area contributed by atoms with Crippen molar-refractivity contribution in [2.45, 2.75) is 49.9 Å². The highest BCUT2D eigenvalue weighted by Gasteiger charge is 2.34. The summed E-state index contributed by atoms with van der Waals surface area (Å²) >= 11 is 2.05. The van der Waals surface area contributed by atoms with E-state index in [9.17, 15) is 5.11 Å². The predicted molar refractivity (Wildman–Crippen MR) is 78.3 cm³/mol. The molecular weight excluding hydrogens is 246 g/mol. The SMILES string of the molecule is CCNC(=NCC1(O)CCC1)NCC1CCCS1. The van der Waals surface area contributed by atoms with Crippen LogP contribution in [0.3, 0.4) is 0 Å². The third kappa shape index (κ3) is 4.05. The van der Waals surface area contributed by atoms with E-state index < -0.39 is 5.60 Å². The Hall–Kier alpha value is -0.420. The van der Waals surface area contributed by atoms with Crippen LogP contribution in [0.15, 0.2) is 4.99 Å². The van der Waals surface area contributed by atoms with E-state index in [2.05, 4.69) is 22.5 Å².